The third kappa shape index (κ3) is 4.20. The molecule has 98 valence electrons. The summed E-state index contributed by atoms with van der Waals surface area (Å²) >= 11 is 0. The van der Waals surface area contributed by atoms with Crippen molar-refractivity contribution in [3.05, 3.63) is 35.4 Å². The van der Waals surface area contributed by atoms with Crippen molar-refractivity contribution in [2.75, 3.05) is 13.7 Å². The highest BCUT2D eigenvalue weighted by Crippen LogP contribution is 2.08. The highest BCUT2D eigenvalue weighted by molar-refractivity contribution is 5.93. The van der Waals surface area contributed by atoms with Crippen LogP contribution in [-0.4, -0.2) is 25.7 Å². The summed E-state index contributed by atoms with van der Waals surface area (Å²) < 4.78 is 9.68. The number of methoxy groups -OCH3 is 1. The second-order valence-electron chi connectivity index (χ2n) is 4.39. The lowest BCUT2D eigenvalue weighted by Gasteiger charge is -2.07. The average Bonchev–Trinajstić information content (AvgIpc) is 2.37. The van der Waals surface area contributed by atoms with Crippen molar-refractivity contribution >= 4 is 11.9 Å². The van der Waals surface area contributed by atoms with Gasteiger partial charge in [-0.15, -0.1) is 0 Å². The number of rotatable bonds is 5. The summed E-state index contributed by atoms with van der Waals surface area (Å²) in [6, 6.07) is 6.21. The fourth-order valence-electron chi connectivity index (χ4n) is 1.33. The van der Waals surface area contributed by atoms with E-state index in [4.69, 9.17) is 4.74 Å². The Morgan fingerprint density at radius 1 is 1.06 bits per heavy atom. The van der Waals surface area contributed by atoms with Crippen LogP contribution in [0.2, 0.25) is 0 Å². The highest BCUT2D eigenvalue weighted by Gasteiger charge is 2.10. The summed E-state index contributed by atoms with van der Waals surface area (Å²) in [5, 5.41) is 0. The summed E-state index contributed by atoms with van der Waals surface area (Å²) in [4.78, 5) is 22.8. The molecule has 1 aromatic rings. The van der Waals surface area contributed by atoms with Crippen LogP contribution in [0.15, 0.2) is 24.3 Å². The number of carbonyl (C=O) groups is 2. The van der Waals surface area contributed by atoms with Gasteiger partial charge in [-0.2, -0.15) is 0 Å². The fourth-order valence-corrected chi connectivity index (χ4v) is 1.33. The van der Waals surface area contributed by atoms with Gasteiger partial charge < -0.3 is 9.47 Å². The highest BCUT2D eigenvalue weighted by atomic mass is 16.5. The summed E-state index contributed by atoms with van der Waals surface area (Å²) in [5.41, 5.74) is 0.850. The second-order valence-corrected chi connectivity index (χ2v) is 4.39. The van der Waals surface area contributed by atoms with Crippen LogP contribution in [0.5, 0.6) is 0 Å². The molecule has 0 aromatic heterocycles. The summed E-state index contributed by atoms with van der Waals surface area (Å²) in [5.74, 6) is -0.290. The number of benzene rings is 1. The van der Waals surface area contributed by atoms with E-state index in [1.807, 2.05) is 0 Å². The molecule has 4 nitrogen and oxygen atoms in total. The van der Waals surface area contributed by atoms with Gasteiger partial charge in [-0.1, -0.05) is 13.8 Å². The lowest BCUT2D eigenvalue weighted by molar-refractivity contribution is 0.0486. The first-order valence-corrected chi connectivity index (χ1v) is 5.90. The van der Waals surface area contributed by atoms with Gasteiger partial charge in [-0.25, -0.2) is 9.59 Å². The molecule has 0 bridgehead atoms. The van der Waals surface area contributed by atoms with E-state index in [1.165, 1.54) is 7.11 Å². The minimum absolute atomic E-state index is 0.368. The molecule has 0 heterocycles. The zero-order valence-electron chi connectivity index (χ0n) is 10.9. The van der Waals surface area contributed by atoms with Gasteiger partial charge in [-0.3, -0.25) is 0 Å². The van der Waals surface area contributed by atoms with Crippen molar-refractivity contribution in [2.45, 2.75) is 20.3 Å². The molecule has 0 aliphatic carbocycles. The van der Waals surface area contributed by atoms with E-state index < -0.39 is 5.97 Å². The van der Waals surface area contributed by atoms with Gasteiger partial charge in [0.2, 0.25) is 0 Å². The molecule has 4 heteroatoms. The molecular weight excluding hydrogens is 232 g/mol. The van der Waals surface area contributed by atoms with Gasteiger partial charge in [0.1, 0.15) is 0 Å². The topological polar surface area (TPSA) is 52.6 Å². The van der Waals surface area contributed by atoms with Crippen molar-refractivity contribution in [2.24, 2.45) is 5.92 Å². The van der Waals surface area contributed by atoms with E-state index in [1.54, 1.807) is 24.3 Å². The summed E-state index contributed by atoms with van der Waals surface area (Å²) in [6.45, 7) is 4.55. The first-order chi connectivity index (χ1) is 8.54. The van der Waals surface area contributed by atoms with Gasteiger partial charge in [0.25, 0.3) is 0 Å². The normalized spacial score (nSPS) is 10.2. The van der Waals surface area contributed by atoms with Crippen LogP contribution >= 0.6 is 0 Å². The van der Waals surface area contributed by atoms with Crippen LogP contribution < -0.4 is 0 Å². The molecule has 0 saturated heterocycles. The molecule has 1 rings (SSSR count). The predicted molar refractivity (Wildman–Crippen MR) is 67.5 cm³/mol. The fraction of sp³-hybridized carbons (Fsp3) is 0.429. The molecule has 0 saturated carbocycles. The largest absolute Gasteiger partial charge is 0.465 e. The molecule has 0 radical (unpaired) electrons. The third-order valence-corrected chi connectivity index (χ3v) is 2.47. The molecule has 1 aromatic carbocycles. The SMILES string of the molecule is COC(=O)c1ccc(C(=O)OCCC(C)C)cc1. The van der Waals surface area contributed by atoms with Crippen molar-refractivity contribution in [3.63, 3.8) is 0 Å². The van der Waals surface area contributed by atoms with Crippen LogP contribution in [-0.2, 0) is 9.47 Å². The molecular formula is C14H18O4. The summed E-state index contributed by atoms with van der Waals surface area (Å²) in [7, 11) is 1.32. The van der Waals surface area contributed by atoms with E-state index in [9.17, 15) is 9.59 Å². The molecule has 0 N–H and O–H groups in total. The number of carbonyl (C=O) groups excluding carboxylic acids is 2. The Balaban J connectivity index is 2.56. The average molecular weight is 250 g/mol. The van der Waals surface area contributed by atoms with Crippen molar-refractivity contribution in [3.8, 4) is 0 Å². The van der Waals surface area contributed by atoms with Crippen LogP contribution in [0.3, 0.4) is 0 Å². The van der Waals surface area contributed by atoms with Gasteiger partial charge in [-0.05, 0) is 36.6 Å². The maximum absolute atomic E-state index is 11.6. The van der Waals surface area contributed by atoms with Gasteiger partial charge in [0, 0.05) is 0 Å². The van der Waals surface area contributed by atoms with Crippen molar-refractivity contribution < 1.29 is 19.1 Å². The quantitative estimate of drug-likeness (QED) is 0.754. The Labute approximate surface area is 107 Å². The zero-order chi connectivity index (χ0) is 13.5. The lowest BCUT2D eigenvalue weighted by Crippen LogP contribution is -2.08. The minimum Gasteiger partial charge on any atom is -0.465 e. The molecule has 0 spiro atoms. The third-order valence-electron chi connectivity index (χ3n) is 2.47. The number of hydrogen-bond acceptors (Lipinski definition) is 4. The minimum atomic E-state index is -0.422. The first-order valence-electron chi connectivity index (χ1n) is 5.90. The molecule has 0 unspecified atom stereocenters. The number of esters is 2. The van der Waals surface area contributed by atoms with Crippen LogP contribution in [0.4, 0.5) is 0 Å². The van der Waals surface area contributed by atoms with Gasteiger partial charge in [0.05, 0.1) is 24.8 Å². The number of ether oxygens (including phenoxy) is 2. The molecule has 0 amide bonds. The molecule has 0 aliphatic heterocycles. The lowest BCUT2D eigenvalue weighted by atomic mass is 10.1. The standard InChI is InChI=1S/C14H18O4/c1-10(2)8-9-18-14(16)12-6-4-11(5-7-12)13(15)17-3/h4-7,10H,8-9H2,1-3H3. The summed E-state index contributed by atoms with van der Waals surface area (Å²) in [6.07, 6.45) is 0.839. The van der Waals surface area contributed by atoms with E-state index in [0.717, 1.165) is 6.42 Å². The van der Waals surface area contributed by atoms with Crippen LogP contribution in [0.1, 0.15) is 41.0 Å². The molecule has 0 fully saturated rings. The molecule has 0 aliphatic rings. The Morgan fingerprint density at radius 3 is 2.00 bits per heavy atom. The second kappa shape index (κ2) is 6.79. The maximum atomic E-state index is 11.6. The Bertz CT molecular complexity index is 406. The van der Waals surface area contributed by atoms with E-state index in [-0.39, 0.29) is 5.97 Å². The van der Waals surface area contributed by atoms with E-state index >= 15 is 0 Å². The predicted octanol–water partition coefficient (Wildman–Crippen LogP) is 2.68. The molecule has 0 atom stereocenters. The van der Waals surface area contributed by atoms with E-state index in [0.29, 0.717) is 23.7 Å². The smallest absolute Gasteiger partial charge is 0.338 e. The Morgan fingerprint density at radius 2 is 1.56 bits per heavy atom. The first kappa shape index (κ1) is 14.2. The Hall–Kier alpha value is -1.84. The van der Waals surface area contributed by atoms with Crippen LogP contribution in [0, 0.1) is 5.92 Å². The zero-order valence-corrected chi connectivity index (χ0v) is 10.9. The van der Waals surface area contributed by atoms with Crippen LogP contribution in [0.25, 0.3) is 0 Å². The molecule has 18 heavy (non-hydrogen) atoms. The van der Waals surface area contributed by atoms with Crippen molar-refractivity contribution in [1.82, 2.24) is 0 Å². The number of hydrogen-bond donors (Lipinski definition) is 0. The van der Waals surface area contributed by atoms with Crippen molar-refractivity contribution in [1.29, 1.82) is 0 Å². The monoisotopic (exact) mass is 250 g/mol. The maximum Gasteiger partial charge on any atom is 0.338 e. The Kier molecular flexibility index (Phi) is 5.36. The van der Waals surface area contributed by atoms with E-state index in [2.05, 4.69) is 18.6 Å². The van der Waals surface area contributed by atoms with Gasteiger partial charge >= 0.3 is 11.9 Å². The van der Waals surface area contributed by atoms with Gasteiger partial charge in [0.15, 0.2) is 0 Å².